The lowest BCUT2D eigenvalue weighted by atomic mass is 10.4. The molecule has 2 rings (SSSR count). The van der Waals surface area contributed by atoms with E-state index in [1.54, 1.807) is 4.90 Å². The van der Waals surface area contributed by atoms with Gasteiger partial charge in [0.1, 0.15) is 6.54 Å². The number of nitrogens with one attached hydrogen (secondary N) is 1. The Kier molecular flexibility index (Phi) is 4.51. The fraction of sp³-hybridized carbons (Fsp3) is 0.583. The molecule has 1 amide bonds. The highest BCUT2D eigenvalue weighted by Gasteiger charge is 2.18. The van der Waals surface area contributed by atoms with Gasteiger partial charge < -0.3 is 16.0 Å². The highest BCUT2D eigenvalue weighted by molar-refractivity contribution is 5.76. The Morgan fingerprint density at radius 2 is 2.16 bits per heavy atom. The molecule has 0 aliphatic carbocycles. The number of nitrogens with two attached hydrogens (primary N) is 1. The maximum atomic E-state index is 11.9. The Labute approximate surface area is 111 Å². The molecular formula is C12H19N5O2. The van der Waals surface area contributed by atoms with E-state index in [1.165, 1.54) is 16.9 Å². The molecule has 1 fully saturated rings. The molecule has 7 heteroatoms. The van der Waals surface area contributed by atoms with Crippen molar-refractivity contribution in [1.29, 1.82) is 0 Å². The van der Waals surface area contributed by atoms with E-state index in [9.17, 15) is 9.59 Å². The second-order valence-electron chi connectivity index (χ2n) is 4.54. The van der Waals surface area contributed by atoms with Gasteiger partial charge in [-0.25, -0.2) is 4.68 Å². The van der Waals surface area contributed by atoms with Gasteiger partial charge in [-0.2, -0.15) is 5.10 Å². The number of anilines is 1. The molecule has 0 bridgehead atoms. The molecule has 104 valence electrons. The van der Waals surface area contributed by atoms with E-state index in [0.29, 0.717) is 18.8 Å². The highest BCUT2D eigenvalue weighted by Crippen LogP contribution is 2.07. The molecule has 3 N–H and O–H groups in total. The third-order valence-electron chi connectivity index (χ3n) is 3.09. The van der Waals surface area contributed by atoms with Gasteiger partial charge in [0.05, 0.1) is 11.9 Å². The maximum Gasteiger partial charge on any atom is 0.269 e. The lowest BCUT2D eigenvalue weighted by Gasteiger charge is -2.15. The fourth-order valence-corrected chi connectivity index (χ4v) is 2.06. The van der Waals surface area contributed by atoms with Crippen LogP contribution in [0.15, 0.2) is 17.1 Å². The molecule has 7 nitrogen and oxygen atoms in total. The van der Waals surface area contributed by atoms with Crippen LogP contribution in [0.5, 0.6) is 0 Å². The second-order valence-corrected chi connectivity index (χ2v) is 4.54. The summed E-state index contributed by atoms with van der Waals surface area (Å²) in [4.78, 5) is 25.5. The standard InChI is InChI=1S/C12H19N5O2/c13-3-4-14-10-7-11(18)17(15-8-10)9-12(19)16-5-1-2-6-16/h7-8,14H,1-6,9,13H2. The molecule has 0 radical (unpaired) electrons. The molecule has 19 heavy (non-hydrogen) atoms. The summed E-state index contributed by atoms with van der Waals surface area (Å²) in [6, 6.07) is 1.43. The summed E-state index contributed by atoms with van der Waals surface area (Å²) >= 11 is 0. The first-order chi connectivity index (χ1) is 9.20. The Morgan fingerprint density at radius 3 is 2.79 bits per heavy atom. The van der Waals surface area contributed by atoms with Crippen LogP contribution in [0.2, 0.25) is 0 Å². The van der Waals surface area contributed by atoms with E-state index >= 15 is 0 Å². The minimum Gasteiger partial charge on any atom is -0.382 e. The zero-order chi connectivity index (χ0) is 13.7. The fourth-order valence-electron chi connectivity index (χ4n) is 2.06. The van der Waals surface area contributed by atoms with Crippen LogP contribution < -0.4 is 16.6 Å². The van der Waals surface area contributed by atoms with Gasteiger partial charge in [-0.1, -0.05) is 0 Å². The molecule has 2 heterocycles. The summed E-state index contributed by atoms with van der Waals surface area (Å²) in [6.45, 7) is 2.64. The third-order valence-corrected chi connectivity index (χ3v) is 3.09. The lowest BCUT2D eigenvalue weighted by molar-refractivity contribution is -0.131. The molecule has 0 spiro atoms. The van der Waals surface area contributed by atoms with E-state index < -0.39 is 0 Å². The Hall–Kier alpha value is -1.89. The largest absolute Gasteiger partial charge is 0.382 e. The Morgan fingerprint density at radius 1 is 1.42 bits per heavy atom. The van der Waals surface area contributed by atoms with Gasteiger partial charge in [-0.15, -0.1) is 0 Å². The van der Waals surface area contributed by atoms with Gasteiger partial charge in [-0.05, 0) is 12.8 Å². The summed E-state index contributed by atoms with van der Waals surface area (Å²) in [5.74, 6) is -0.0465. The van der Waals surface area contributed by atoms with E-state index in [1.807, 2.05) is 0 Å². The summed E-state index contributed by atoms with van der Waals surface area (Å²) in [6.07, 6.45) is 3.61. The van der Waals surface area contributed by atoms with Gasteiger partial charge in [-0.3, -0.25) is 9.59 Å². The van der Waals surface area contributed by atoms with Crippen molar-refractivity contribution in [3.8, 4) is 0 Å². The molecule has 1 aromatic rings. The monoisotopic (exact) mass is 265 g/mol. The van der Waals surface area contributed by atoms with E-state index in [4.69, 9.17) is 5.73 Å². The zero-order valence-corrected chi connectivity index (χ0v) is 10.8. The van der Waals surface area contributed by atoms with Crippen LogP contribution in [-0.4, -0.2) is 46.8 Å². The average molecular weight is 265 g/mol. The van der Waals surface area contributed by atoms with Crippen LogP contribution in [0.25, 0.3) is 0 Å². The predicted octanol–water partition coefficient (Wildman–Crippen LogP) is -0.764. The number of hydrogen-bond acceptors (Lipinski definition) is 5. The predicted molar refractivity (Wildman–Crippen MR) is 71.9 cm³/mol. The van der Waals surface area contributed by atoms with Gasteiger partial charge in [0.25, 0.3) is 5.56 Å². The summed E-state index contributed by atoms with van der Waals surface area (Å²) in [7, 11) is 0. The van der Waals surface area contributed by atoms with Crippen molar-refractivity contribution in [3.63, 3.8) is 0 Å². The molecule has 0 saturated carbocycles. The van der Waals surface area contributed by atoms with Crippen molar-refractivity contribution in [2.24, 2.45) is 5.73 Å². The minimum atomic E-state index is -0.283. The number of likely N-dealkylation sites (tertiary alicyclic amines) is 1. The van der Waals surface area contributed by atoms with Crippen LogP contribution in [0.4, 0.5) is 5.69 Å². The van der Waals surface area contributed by atoms with Crippen LogP contribution in [0, 0.1) is 0 Å². The summed E-state index contributed by atoms with van der Waals surface area (Å²) in [5, 5.41) is 6.97. The number of nitrogens with zero attached hydrogens (tertiary/aromatic N) is 3. The quantitative estimate of drug-likeness (QED) is 0.729. The molecule has 0 aromatic carbocycles. The van der Waals surface area contributed by atoms with Crippen molar-refractivity contribution in [3.05, 3.63) is 22.6 Å². The normalized spacial score (nSPS) is 14.7. The highest BCUT2D eigenvalue weighted by atomic mass is 16.2. The zero-order valence-electron chi connectivity index (χ0n) is 10.8. The van der Waals surface area contributed by atoms with E-state index in [-0.39, 0.29) is 18.0 Å². The lowest BCUT2D eigenvalue weighted by Crippen LogP contribution is -2.35. The number of carbonyl (C=O) groups excluding carboxylic acids is 1. The van der Waals surface area contributed by atoms with Crippen LogP contribution in [0.1, 0.15) is 12.8 Å². The summed E-state index contributed by atoms with van der Waals surface area (Å²) in [5.41, 5.74) is 5.71. The second kappa shape index (κ2) is 6.33. The topological polar surface area (TPSA) is 93.2 Å². The molecule has 1 aromatic heterocycles. The van der Waals surface area contributed by atoms with E-state index in [0.717, 1.165) is 25.9 Å². The van der Waals surface area contributed by atoms with Crippen LogP contribution in [0.3, 0.4) is 0 Å². The van der Waals surface area contributed by atoms with Crippen molar-refractivity contribution in [1.82, 2.24) is 14.7 Å². The molecule has 0 unspecified atom stereocenters. The van der Waals surface area contributed by atoms with Gasteiger partial charge in [0, 0.05) is 32.2 Å². The first kappa shape index (κ1) is 13.5. The smallest absolute Gasteiger partial charge is 0.269 e. The number of carbonyl (C=O) groups is 1. The number of hydrogen-bond donors (Lipinski definition) is 2. The van der Waals surface area contributed by atoms with Crippen molar-refractivity contribution in [2.75, 3.05) is 31.5 Å². The molecule has 1 aliphatic heterocycles. The first-order valence-corrected chi connectivity index (χ1v) is 6.49. The number of amides is 1. The SMILES string of the molecule is NCCNc1cnn(CC(=O)N2CCCC2)c(=O)c1. The van der Waals surface area contributed by atoms with Crippen LogP contribution in [-0.2, 0) is 11.3 Å². The van der Waals surface area contributed by atoms with Gasteiger partial charge in [0.2, 0.25) is 5.91 Å². The van der Waals surface area contributed by atoms with Gasteiger partial charge >= 0.3 is 0 Å². The molecule has 1 saturated heterocycles. The minimum absolute atomic E-state index is 0.00992. The molecule has 1 aliphatic rings. The number of aromatic nitrogens is 2. The first-order valence-electron chi connectivity index (χ1n) is 6.49. The average Bonchev–Trinajstić information content (AvgIpc) is 2.93. The van der Waals surface area contributed by atoms with Crippen molar-refractivity contribution in [2.45, 2.75) is 19.4 Å². The number of rotatable bonds is 5. The van der Waals surface area contributed by atoms with E-state index in [2.05, 4.69) is 10.4 Å². The Bertz CT molecular complexity index is 493. The van der Waals surface area contributed by atoms with Gasteiger partial charge in [0.15, 0.2) is 0 Å². The van der Waals surface area contributed by atoms with Crippen LogP contribution >= 0.6 is 0 Å². The van der Waals surface area contributed by atoms with Crippen molar-refractivity contribution < 1.29 is 4.79 Å². The molecule has 0 atom stereocenters. The summed E-state index contributed by atoms with van der Waals surface area (Å²) < 4.78 is 1.19. The maximum absolute atomic E-state index is 11.9. The molecular weight excluding hydrogens is 246 g/mol. The third kappa shape index (κ3) is 3.54. The Balaban J connectivity index is 2.00. The van der Waals surface area contributed by atoms with Crippen molar-refractivity contribution >= 4 is 11.6 Å².